The van der Waals surface area contributed by atoms with Crippen LogP contribution in [-0.2, 0) is 0 Å². The van der Waals surface area contributed by atoms with E-state index in [4.69, 9.17) is 28.3 Å². The lowest BCUT2D eigenvalue weighted by molar-refractivity contribution is 0.0695. The van der Waals surface area contributed by atoms with Crippen LogP contribution in [-0.4, -0.2) is 21.0 Å². The predicted octanol–water partition coefficient (Wildman–Crippen LogP) is 3.46. The van der Waals surface area contributed by atoms with Gasteiger partial charge in [0, 0.05) is 21.8 Å². The molecule has 0 unspecified atom stereocenters. The Balaban J connectivity index is 2.52. The van der Waals surface area contributed by atoms with E-state index in [-0.39, 0.29) is 5.56 Å². The molecule has 0 spiro atoms. The highest BCUT2D eigenvalue weighted by Gasteiger charge is 2.11. The van der Waals surface area contributed by atoms with Gasteiger partial charge >= 0.3 is 5.97 Å². The van der Waals surface area contributed by atoms with E-state index in [1.54, 1.807) is 25.1 Å². The van der Waals surface area contributed by atoms with Crippen molar-refractivity contribution in [2.24, 2.45) is 0 Å². The molecule has 1 aromatic heterocycles. The van der Waals surface area contributed by atoms with Crippen LogP contribution in [0.25, 0.3) is 11.4 Å². The summed E-state index contributed by atoms with van der Waals surface area (Å²) in [5.41, 5.74) is 1.11. The van der Waals surface area contributed by atoms with Gasteiger partial charge in [0.15, 0.2) is 5.82 Å². The first-order chi connectivity index (χ1) is 8.47. The van der Waals surface area contributed by atoms with E-state index in [0.717, 1.165) is 0 Å². The van der Waals surface area contributed by atoms with Crippen molar-refractivity contribution in [1.82, 2.24) is 9.97 Å². The van der Waals surface area contributed by atoms with Crippen molar-refractivity contribution >= 4 is 29.2 Å². The van der Waals surface area contributed by atoms with Crippen molar-refractivity contribution in [2.45, 2.75) is 6.92 Å². The van der Waals surface area contributed by atoms with Gasteiger partial charge in [0.2, 0.25) is 0 Å². The standard InChI is InChI=1S/C12H8Cl2N2O2/c1-6-10(12(17)18)5-15-11(16-6)7-2-8(13)4-9(14)3-7/h2-5H,1H3,(H,17,18). The molecule has 0 radical (unpaired) electrons. The van der Waals surface area contributed by atoms with E-state index in [0.29, 0.717) is 27.1 Å². The van der Waals surface area contributed by atoms with Crippen molar-refractivity contribution in [3.05, 3.63) is 45.7 Å². The van der Waals surface area contributed by atoms with Crippen LogP contribution in [0.3, 0.4) is 0 Å². The van der Waals surface area contributed by atoms with Gasteiger partial charge in [-0.3, -0.25) is 0 Å². The lowest BCUT2D eigenvalue weighted by atomic mass is 10.2. The zero-order valence-corrected chi connectivity index (χ0v) is 10.8. The molecule has 1 aromatic carbocycles. The van der Waals surface area contributed by atoms with Crippen molar-refractivity contribution in [3.63, 3.8) is 0 Å². The molecule has 0 bridgehead atoms. The average molecular weight is 283 g/mol. The SMILES string of the molecule is Cc1nc(-c2cc(Cl)cc(Cl)c2)ncc1C(=O)O. The van der Waals surface area contributed by atoms with E-state index in [9.17, 15) is 4.79 Å². The summed E-state index contributed by atoms with van der Waals surface area (Å²) in [5, 5.41) is 9.84. The van der Waals surface area contributed by atoms with E-state index in [1.807, 2.05) is 0 Å². The third-order valence-electron chi connectivity index (χ3n) is 2.33. The minimum atomic E-state index is -1.05. The number of carboxylic acids is 1. The van der Waals surface area contributed by atoms with Gasteiger partial charge in [-0.25, -0.2) is 14.8 Å². The molecule has 1 heterocycles. The Morgan fingerprint density at radius 3 is 2.33 bits per heavy atom. The average Bonchev–Trinajstić information content (AvgIpc) is 2.26. The first-order valence-electron chi connectivity index (χ1n) is 5.01. The van der Waals surface area contributed by atoms with Crippen molar-refractivity contribution in [3.8, 4) is 11.4 Å². The van der Waals surface area contributed by atoms with Crippen LogP contribution in [0, 0.1) is 6.92 Å². The van der Waals surface area contributed by atoms with Crippen molar-refractivity contribution in [1.29, 1.82) is 0 Å². The van der Waals surface area contributed by atoms with Gasteiger partial charge in [-0.05, 0) is 25.1 Å². The summed E-state index contributed by atoms with van der Waals surface area (Å²) in [6, 6.07) is 4.94. The molecule has 92 valence electrons. The Morgan fingerprint density at radius 1 is 1.22 bits per heavy atom. The van der Waals surface area contributed by atoms with E-state index >= 15 is 0 Å². The molecule has 0 saturated carbocycles. The molecule has 2 rings (SSSR count). The van der Waals surface area contributed by atoms with Crippen LogP contribution in [0.4, 0.5) is 0 Å². The molecule has 0 aliphatic carbocycles. The van der Waals surface area contributed by atoms with Gasteiger partial charge in [0.05, 0.1) is 11.3 Å². The van der Waals surface area contributed by atoms with E-state index in [2.05, 4.69) is 9.97 Å². The number of aryl methyl sites for hydroxylation is 1. The predicted molar refractivity (Wildman–Crippen MR) is 69.2 cm³/mol. The second kappa shape index (κ2) is 4.92. The van der Waals surface area contributed by atoms with Gasteiger partial charge in [0.1, 0.15) is 0 Å². The molecule has 0 fully saturated rings. The van der Waals surface area contributed by atoms with E-state index in [1.165, 1.54) is 6.20 Å². The Hall–Kier alpha value is -1.65. The van der Waals surface area contributed by atoms with Crippen LogP contribution in [0.2, 0.25) is 10.0 Å². The van der Waals surface area contributed by atoms with Gasteiger partial charge in [-0.2, -0.15) is 0 Å². The van der Waals surface area contributed by atoms with Gasteiger partial charge < -0.3 is 5.11 Å². The van der Waals surface area contributed by atoms with E-state index < -0.39 is 5.97 Å². The molecule has 18 heavy (non-hydrogen) atoms. The summed E-state index contributed by atoms with van der Waals surface area (Å²) in [4.78, 5) is 19.0. The summed E-state index contributed by atoms with van der Waals surface area (Å²) in [6.45, 7) is 1.61. The third-order valence-corrected chi connectivity index (χ3v) is 2.77. The molecule has 0 atom stereocenters. The Labute approximate surface area is 113 Å². The fraction of sp³-hybridized carbons (Fsp3) is 0.0833. The molecular formula is C12H8Cl2N2O2. The number of benzene rings is 1. The molecule has 6 heteroatoms. The molecule has 4 nitrogen and oxygen atoms in total. The van der Waals surface area contributed by atoms with Gasteiger partial charge in [-0.15, -0.1) is 0 Å². The van der Waals surface area contributed by atoms with Crippen LogP contribution in [0.5, 0.6) is 0 Å². The molecule has 0 amide bonds. The number of rotatable bonds is 2. The van der Waals surface area contributed by atoms with Crippen molar-refractivity contribution < 1.29 is 9.90 Å². The maximum absolute atomic E-state index is 10.9. The molecule has 0 aliphatic rings. The largest absolute Gasteiger partial charge is 0.478 e. The number of hydrogen-bond donors (Lipinski definition) is 1. The van der Waals surface area contributed by atoms with Crippen molar-refractivity contribution in [2.75, 3.05) is 0 Å². The Morgan fingerprint density at radius 2 is 1.83 bits per heavy atom. The second-order valence-corrected chi connectivity index (χ2v) is 4.53. The lowest BCUT2D eigenvalue weighted by Gasteiger charge is -2.05. The third kappa shape index (κ3) is 2.60. The summed E-state index contributed by atoms with van der Waals surface area (Å²) in [6.07, 6.45) is 1.27. The highest BCUT2D eigenvalue weighted by Crippen LogP contribution is 2.25. The Kier molecular flexibility index (Phi) is 3.50. The quantitative estimate of drug-likeness (QED) is 0.916. The second-order valence-electron chi connectivity index (χ2n) is 3.66. The van der Waals surface area contributed by atoms with Crippen LogP contribution >= 0.6 is 23.2 Å². The number of hydrogen-bond acceptors (Lipinski definition) is 3. The molecule has 1 N–H and O–H groups in total. The summed E-state index contributed by atoms with van der Waals surface area (Å²) in [7, 11) is 0. The minimum absolute atomic E-state index is 0.0758. The molecule has 0 saturated heterocycles. The number of aromatic carboxylic acids is 1. The smallest absolute Gasteiger partial charge is 0.339 e. The first-order valence-corrected chi connectivity index (χ1v) is 5.76. The Bertz CT molecular complexity index is 609. The van der Waals surface area contributed by atoms with Gasteiger partial charge in [-0.1, -0.05) is 23.2 Å². The van der Waals surface area contributed by atoms with Gasteiger partial charge in [0.25, 0.3) is 0 Å². The zero-order chi connectivity index (χ0) is 13.3. The monoisotopic (exact) mass is 282 g/mol. The number of nitrogens with zero attached hydrogens (tertiary/aromatic N) is 2. The number of halogens is 2. The maximum Gasteiger partial charge on any atom is 0.339 e. The van der Waals surface area contributed by atoms with Crippen LogP contribution in [0.1, 0.15) is 16.1 Å². The highest BCUT2D eigenvalue weighted by molar-refractivity contribution is 6.35. The lowest BCUT2D eigenvalue weighted by Crippen LogP contribution is -2.04. The summed E-state index contributed by atoms with van der Waals surface area (Å²) >= 11 is 11.8. The summed E-state index contributed by atoms with van der Waals surface area (Å²) < 4.78 is 0. The van der Waals surface area contributed by atoms with Crippen LogP contribution < -0.4 is 0 Å². The van der Waals surface area contributed by atoms with Crippen LogP contribution in [0.15, 0.2) is 24.4 Å². The topological polar surface area (TPSA) is 63.1 Å². The first kappa shape index (κ1) is 12.8. The number of aromatic nitrogens is 2. The fourth-order valence-corrected chi connectivity index (χ4v) is 2.03. The number of carboxylic acid groups (broad SMARTS) is 1. The number of carbonyl (C=O) groups is 1. The maximum atomic E-state index is 10.9. The molecule has 2 aromatic rings. The molecule has 0 aliphatic heterocycles. The molecular weight excluding hydrogens is 275 g/mol. The summed E-state index contributed by atoms with van der Waals surface area (Å²) in [5.74, 6) is -0.662. The fourth-order valence-electron chi connectivity index (χ4n) is 1.50. The zero-order valence-electron chi connectivity index (χ0n) is 9.32. The highest BCUT2D eigenvalue weighted by atomic mass is 35.5. The normalized spacial score (nSPS) is 10.4. The minimum Gasteiger partial charge on any atom is -0.478 e.